The van der Waals surface area contributed by atoms with Gasteiger partial charge in [-0.2, -0.15) is 0 Å². The molecule has 2 heterocycles. The second kappa shape index (κ2) is 7.08. The predicted molar refractivity (Wildman–Crippen MR) is 97.1 cm³/mol. The molecule has 0 bridgehead atoms. The van der Waals surface area contributed by atoms with Crippen molar-refractivity contribution in [3.63, 3.8) is 0 Å². The van der Waals surface area contributed by atoms with E-state index in [0.29, 0.717) is 16.5 Å². The number of aromatic nitrogens is 3. The van der Waals surface area contributed by atoms with Crippen LogP contribution in [0.25, 0.3) is 11.2 Å². The molecule has 9 heteroatoms. The van der Waals surface area contributed by atoms with Gasteiger partial charge in [0.1, 0.15) is 5.82 Å². The van der Waals surface area contributed by atoms with Crippen LogP contribution in [0, 0.1) is 12.7 Å². The molecule has 0 saturated heterocycles. The molecule has 1 aromatic carbocycles. The molecule has 2 N–H and O–H groups in total. The molecule has 0 aliphatic heterocycles. The second-order valence-corrected chi connectivity index (χ2v) is 7.16. The summed E-state index contributed by atoms with van der Waals surface area (Å²) < 4.78 is 14.0. The number of carbonyl (C=O) groups excluding carboxylic acids is 1. The first kappa shape index (κ1) is 17.2. The Balaban J connectivity index is 1.64. The molecule has 24 heavy (non-hydrogen) atoms. The van der Waals surface area contributed by atoms with Gasteiger partial charge in [-0.25, -0.2) is 14.4 Å². The minimum atomic E-state index is -0.528. The average Bonchev–Trinajstić information content (AvgIpc) is 2.91. The number of nitrogens with zero attached hydrogens (tertiary/aromatic N) is 2. The Kier molecular flexibility index (Phi) is 5.07. The van der Waals surface area contributed by atoms with E-state index in [0.717, 1.165) is 15.7 Å². The number of thioether (sulfide) groups is 1. The monoisotopic (exact) mass is 428 g/mol. The number of rotatable bonds is 4. The molecule has 0 saturated carbocycles. The zero-order valence-electron chi connectivity index (χ0n) is 12.4. The predicted octanol–water partition coefficient (Wildman–Crippen LogP) is 4.55. The minimum Gasteiger partial charge on any atom is -0.331 e. The van der Waals surface area contributed by atoms with Crippen molar-refractivity contribution in [1.82, 2.24) is 15.0 Å². The lowest BCUT2D eigenvalue weighted by Gasteiger charge is -2.05. The van der Waals surface area contributed by atoms with Crippen molar-refractivity contribution in [2.45, 2.75) is 12.1 Å². The summed E-state index contributed by atoms with van der Waals surface area (Å²) in [6.07, 6.45) is 0. The Hall–Kier alpha value is -1.64. The molecule has 0 radical (unpaired) electrons. The SMILES string of the molecule is Cc1nc2nc(SCC(=O)Nc3ccc(F)c(Cl)c3)[nH]c2cc1Br. The Morgan fingerprint density at radius 2 is 2.21 bits per heavy atom. The Morgan fingerprint density at radius 1 is 1.42 bits per heavy atom. The summed E-state index contributed by atoms with van der Waals surface area (Å²) in [5.74, 6) is -0.622. The number of benzene rings is 1. The van der Waals surface area contributed by atoms with E-state index in [1.54, 1.807) is 0 Å². The van der Waals surface area contributed by atoms with Gasteiger partial charge in [-0.3, -0.25) is 4.79 Å². The Morgan fingerprint density at radius 3 is 2.96 bits per heavy atom. The van der Waals surface area contributed by atoms with Gasteiger partial charge in [0, 0.05) is 10.2 Å². The van der Waals surface area contributed by atoms with Crippen LogP contribution in [0.5, 0.6) is 0 Å². The number of carbonyl (C=O) groups is 1. The molecule has 0 aliphatic carbocycles. The first-order valence-electron chi connectivity index (χ1n) is 6.83. The van der Waals surface area contributed by atoms with E-state index < -0.39 is 5.82 Å². The highest BCUT2D eigenvalue weighted by Crippen LogP contribution is 2.23. The number of pyridine rings is 1. The van der Waals surface area contributed by atoms with Gasteiger partial charge in [0.05, 0.1) is 22.0 Å². The molecule has 2 aromatic heterocycles. The summed E-state index contributed by atoms with van der Waals surface area (Å²) in [5.41, 5.74) is 2.68. The summed E-state index contributed by atoms with van der Waals surface area (Å²) >= 11 is 10.4. The lowest BCUT2D eigenvalue weighted by molar-refractivity contribution is -0.113. The molecule has 0 spiro atoms. The first-order chi connectivity index (χ1) is 11.4. The van der Waals surface area contributed by atoms with Gasteiger partial charge in [-0.1, -0.05) is 23.4 Å². The lowest BCUT2D eigenvalue weighted by atomic mass is 10.3. The zero-order chi connectivity index (χ0) is 17.3. The standard InChI is InChI=1S/C15H11BrClFN4OS/c1-7-9(16)5-12-14(19-7)22-15(21-12)24-6-13(23)20-8-2-3-11(18)10(17)4-8/h2-5H,6H2,1H3,(H,20,23)(H,19,21,22). The topological polar surface area (TPSA) is 70.7 Å². The van der Waals surface area contributed by atoms with Crippen molar-refractivity contribution in [2.24, 2.45) is 0 Å². The Bertz CT molecular complexity index is 894. The maximum atomic E-state index is 13.1. The van der Waals surface area contributed by atoms with Crippen molar-refractivity contribution in [2.75, 3.05) is 11.1 Å². The van der Waals surface area contributed by atoms with E-state index in [-0.39, 0.29) is 16.7 Å². The number of fused-ring (bicyclic) bond motifs is 1. The van der Waals surface area contributed by atoms with Crippen molar-refractivity contribution in [3.05, 3.63) is 45.3 Å². The van der Waals surface area contributed by atoms with Crippen molar-refractivity contribution in [3.8, 4) is 0 Å². The molecule has 0 atom stereocenters. The van der Waals surface area contributed by atoms with Crippen LogP contribution in [0.15, 0.2) is 33.9 Å². The fourth-order valence-corrected chi connectivity index (χ4v) is 3.13. The highest BCUT2D eigenvalue weighted by atomic mass is 79.9. The Labute approximate surface area is 154 Å². The number of H-pyrrole nitrogens is 1. The number of amides is 1. The number of nitrogens with one attached hydrogen (secondary N) is 2. The van der Waals surface area contributed by atoms with Gasteiger partial charge < -0.3 is 10.3 Å². The second-order valence-electron chi connectivity index (χ2n) is 4.93. The summed E-state index contributed by atoms with van der Waals surface area (Å²) in [6.45, 7) is 1.88. The van der Waals surface area contributed by atoms with Gasteiger partial charge in [-0.15, -0.1) is 0 Å². The molecule has 3 rings (SSSR count). The molecular formula is C15H11BrClFN4OS. The van der Waals surface area contributed by atoms with Crippen molar-refractivity contribution in [1.29, 1.82) is 0 Å². The third-order valence-electron chi connectivity index (χ3n) is 3.12. The third-order valence-corrected chi connectivity index (χ3v) is 5.09. The maximum absolute atomic E-state index is 13.1. The van der Waals surface area contributed by atoms with Crippen LogP contribution in [-0.4, -0.2) is 26.6 Å². The number of hydrogen-bond donors (Lipinski definition) is 2. The van der Waals surface area contributed by atoms with Crippen LogP contribution in [0.2, 0.25) is 5.02 Å². The van der Waals surface area contributed by atoms with Gasteiger partial charge in [0.25, 0.3) is 0 Å². The third kappa shape index (κ3) is 3.88. The van der Waals surface area contributed by atoms with E-state index in [9.17, 15) is 9.18 Å². The van der Waals surface area contributed by atoms with Crippen molar-refractivity contribution >= 4 is 62.1 Å². The fourth-order valence-electron chi connectivity index (χ4n) is 1.96. The van der Waals surface area contributed by atoms with E-state index in [1.807, 2.05) is 13.0 Å². The molecule has 0 unspecified atom stereocenters. The van der Waals surface area contributed by atoms with Crippen LogP contribution >= 0.6 is 39.3 Å². The number of aryl methyl sites for hydroxylation is 1. The fraction of sp³-hybridized carbons (Fsp3) is 0.133. The summed E-state index contributed by atoms with van der Waals surface area (Å²) in [4.78, 5) is 23.8. The summed E-state index contributed by atoms with van der Waals surface area (Å²) in [7, 11) is 0. The van der Waals surface area contributed by atoms with E-state index in [2.05, 4.69) is 36.2 Å². The van der Waals surface area contributed by atoms with E-state index in [4.69, 9.17) is 11.6 Å². The zero-order valence-corrected chi connectivity index (χ0v) is 15.5. The quantitative estimate of drug-likeness (QED) is 0.597. The van der Waals surface area contributed by atoms with Crippen LogP contribution in [0.1, 0.15) is 5.69 Å². The number of halogens is 3. The molecule has 0 fully saturated rings. The lowest BCUT2D eigenvalue weighted by Crippen LogP contribution is -2.14. The number of hydrogen-bond acceptors (Lipinski definition) is 4. The van der Waals surface area contributed by atoms with E-state index >= 15 is 0 Å². The van der Waals surface area contributed by atoms with Crippen LogP contribution in [-0.2, 0) is 4.79 Å². The summed E-state index contributed by atoms with van der Waals surface area (Å²) in [6, 6.07) is 5.92. The molecule has 3 aromatic rings. The largest absolute Gasteiger partial charge is 0.331 e. The van der Waals surface area contributed by atoms with Gasteiger partial charge >= 0.3 is 0 Å². The highest BCUT2D eigenvalue weighted by molar-refractivity contribution is 9.10. The van der Waals surface area contributed by atoms with E-state index in [1.165, 1.54) is 30.0 Å². The van der Waals surface area contributed by atoms with Crippen LogP contribution in [0.4, 0.5) is 10.1 Å². The van der Waals surface area contributed by atoms with Gasteiger partial charge in [0.15, 0.2) is 10.8 Å². The number of aromatic amines is 1. The number of anilines is 1. The molecule has 1 amide bonds. The van der Waals surface area contributed by atoms with Crippen molar-refractivity contribution < 1.29 is 9.18 Å². The maximum Gasteiger partial charge on any atom is 0.234 e. The molecule has 0 aliphatic rings. The summed E-state index contributed by atoms with van der Waals surface area (Å²) in [5, 5.41) is 3.22. The van der Waals surface area contributed by atoms with Gasteiger partial charge in [0.2, 0.25) is 5.91 Å². The van der Waals surface area contributed by atoms with Crippen LogP contribution < -0.4 is 5.32 Å². The van der Waals surface area contributed by atoms with Crippen LogP contribution in [0.3, 0.4) is 0 Å². The van der Waals surface area contributed by atoms with Gasteiger partial charge in [-0.05, 0) is 47.1 Å². The highest BCUT2D eigenvalue weighted by Gasteiger charge is 2.10. The average molecular weight is 430 g/mol. The first-order valence-corrected chi connectivity index (χ1v) is 8.98. The normalized spacial score (nSPS) is 11.0. The number of imidazole rings is 1. The molecule has 124 valence electrons. The smallest absolute Gasteiger partial charge is 0.234 e. The molecular weight excluding hydrogens is 419 g/mol. The molecule has 5 nitrogen and oxygen atoms in total. The minimum absolute atomic E-state index is 0.0373.